The molecule has 1 saturated carbocycles. The molecule has 8 heteroatoms. The van der Waals surface area contributed by atoms with Crippen molar-refractivity contribution in [1.82, 2.24) is 15.1 Å². The van der Waals surface area contributed by atoms with Gasteiger partial charge in [0.05, 0.1) is 6.54 Å². The van der Waals surface area contributed by atoms with Crippen LogP contribution in [0.1, 0.15) is 43.4 Å². The minimum atomic E-state index is -0.715. The molecule has 2 aliphatic rings. The van der Waals surface area contributed by atoms with Gasteiger partial charge < -0.3 is 10.2 Å². The lowest BCUT2D eigenvalue weighted by molar-refractivity contribution is -0.134. The summed E-state index contributed by atoms with van der Waals surface area (Å²) in [6.07, 6.45) is 4.57. The van der Waals surface area contributed by atoms with Crippen molar-refractivity contribution in [2.24, 2.45) is 0 Å². The van der Waals surface area contributed by atoms with E-state index >= 15 is 0 Å². The van der Waals surface area contributed by atoms with Crippen LogP contribution in [0.15, 0.2) is 15.9 Å². The molecule has 0 atom stereocenters. The molecule has 1 N–H and O–H groups in total. The van der Waals surface area contributed by atoms with Crippen molar-refractivity contribution in [2.45, 2.75) is 50.6 Å². The number of amides is 4. The van der Waals surface area contributed by atoms with Crippen molar-refractivity contribution >= 4 is 45.1 Å². The van der Waals surface area contributed by atoms with Crippen LogP contribution in [0.5, 0.6) is 0 Å². The molecule has 0 aromatic carbocycles. The molecular weight excluding hydrogens is 406 g/mol. The quantitative estimate of drug-likeness (QED) is 0.733. The van der Waals surface area contributed by atoms with Crippen LogP contribution in [0, 0.1) is 0 Å². The van der Waals surface area contributed by atoms with Gasteiger partial charge in [-0.3, -0.25) is 14.5 Å². The Morgan fingerprint density at radius 3 is 2.72 bits per heavy atom. The Balaban J connectivity index is 1.54. The summed E-state index contributed by atoms with van der Waals surface area (Å²) in [5.41, 5.74) is -0.715. The number of carbonyl (C=O) groups is 3. The van der Waals surface area contributed by atoms with Gasteiger partial charge in [0, 0.05) is 34.7 Å². The summed E-state index contributed by atoms with van der Waals surface area (Å²) in [4.78, 5) is 41.2. The Kier molecular flexibility index (Phi) is 5.48. The molecule has 136 valence electrons. The highest BCUT2D eigenvalue weighted by Gasteiger charge is 2.51. The maximum Gasteiger partial charge on any atom is 0.325 e. The lowest BCUT2D eigenvalue weighted by atomic mass is 9.82. The maximum atomic E-state index is 12.7. The molecule has 1 aliphatic heterocycles. The van der Waals surface area contributed by atoms with Gasteiger partial charge in [-0.1, -0.05) is 19.3 Å². The van der Waals surface area contributed by atoms with Crippen LogP contribution < -0.4 is 5.32 Å². The molecule has 1 aliphatic carbocycles. The summed E-state index contributed by atoms with van der Waals surface area (Å²) in [5.74, 6) is -0.232. The average Bonchev–Trinajstić information content (AvgIpc) is 3.08. The van der Waals surface area contributed by atoms with E-state index in [4.69, 9.17) is 0 Å². The van der Waals surface area contributed by atoms with Crippen molar-refractivity contribution < 1.29 is 14.4 Å². The van der Waals surface area contributed by atoms with E-state index in [2.05, 4.69) is 21.2 Å². The minimum absolute atomic E-state index is 0.0743. The van der Waals surface area contributed by atoms with Crippen LogP contribution in [-0.2, 0) is 16.1 Å². The third kappa shape index (κ3) is 3.89. The van der Waals surface area contributed by atoms with E-state index in [1.807, 2.05) is 11.4 Å². The van der Waals surface area contributed by atoms with Crippen LogP contribution in [0.25, 0.3) is 0 Å². The van der Waals surface area contributed by atoms with E-state index in [1.54, 1.807) is 23.3 Å². The zero-order chi connectivity index (χ0) is 18.0. The monoisotopic (exact) mass is 427 g/mol. The molecule has 0 radical (unpaired) electrons. The second kappa shape index (κ2) is 7.45. The summed E-state index contributed by atoms with van der Waals surface area (Å²) in [6.45, 7) is 0.670. The number of imide groups is 1. The molecule has 3 rings (SSSR count). The average molecular weight is 428 g/mol. The largest absolute Gasteiger partial charge is 0.341 e. The van der Waals surface area contributed by atoms with E-state index in [1.165, 1.54) is 4.90 Å². The fourth-order valence-corrected chi connectivity index (χ4v) is 5.03. The van der Waals surface area contributed by atoms with Gasteiger partial charge in [0.15, 0.2) is 0 Å². The number of rotatable bonds is 5. The van der Waals surface area contributed by atoms with E-state index in [0.717, 1.165) is 28.6 Å². The van der Waals surface area contributed by atoms with Gasteiger partial charge in [-0.15, -0.1) is 11.3 Å². The SMILES string of the molecule is CN(Cc1cc(Br)cs1)C(=O)CCN1C(=O)NC2(CCCCC2)C1=O. The number of carbonyl (C=O) groups excluding carboxylic acids is 3. The molecule has 25 heavy (non-hydrogen) atoms. The van der Waals surface area contributed by atoms with E-state index in [0.29, 0.717) is 19.4 Å². The molecule has 0 unspecified atom stereocenters. The van der Waals surface area contributed by atoms with E-state index < -0.39 is 5.54 Å². The van der Waals surface area contributed by atoms with Crippen molar-refractivity contribution in [3.8, 4) is 0 Å². The zero-order valence-electron chi connectivity index (χ0n) is 14.2. The number of hydrogen-bond donors (Lipinski definition) is 1. The number of thiophene rings is 1. The molecule has 6 nitrogen and oxygen atoms in total. The van der Waals surface area contributed by atoms with Crippen LogP contribution in [-0.4, -0.2) is 46.8 Å². The summed E-state index contributed by atoms with van der Waals surface area (Å²) in [6, 6.07) is 1.63. The van der Waals surface area contributed by atoms with Crippen LogP contribution in [0.2, 0.25) is 0 Å². The van der Waals surface area contributed by atoms with Gasteiger partial charge in [-0.25, -0.2) is 4.79 Å². The van der Waals surface area contributed by atoms with Gasteiger partial charge >= 0.3 is 6.03 Å². The second-order valence-corrected chi connectivity index (χ2v) is 8.67. The van der Waals surface area contributed by atoms with Crippen molar-refractivity contribution in [3.05, 3.63) is 20.8 Å². The summed E-state index contributed by atoms with van der Waals surface area (Å²) < 4.78 is 1.01. The predicted octanol–water partition coefficient (Wildman–Crippen LogP) is 3.11. The van der Waals surface area contributed by atoms with Gasteiger partial charge in [0.25, 0.3) is 5.91 Å². The highest BCUT2D eigenvalue weighted by Crippen LogP contribution is 2.33. The Bertz CT molecular complexity index is 684. The van der Waals surface area contributed by atoms with Gasteiger partial charge in [0.1, 0.15) is 5.54 Å². The Morgan fingerprint density at radius 1 is 1.36 bits per heavy atom. The molecule has 1 spiro atoms. The topological polar surface area (TPSA) is 69.7 Å². The molecule has 1 aromatic rings. The minimum Gasteiger partial charge on any atom is -0.341 e. The Morgan fingerprint density at radius 2 is 2.08 bits per heavy atom. The molecular formula is C17H22BrN3O3S. The maximum absolute atomic E-state index is 12.7. The first-order valence-electron chi connectivity index (χ1n) is 8.52. The van der Waals surface area contributed by atoms with Crippen molar-refractivity contribution in [1.29, 1.82) is 0 Å². The number of nitrogens with zero attached hydrogens (tertiary/aromatic N) is 2. The van der Waals surface area contributed by atoms with Crippen LogP contribution in [0.4, 0.5) is 4.79 Å². The summed E-state index contributed by atoms with van der Waals surface area (Å²) >= 11 is 4.99. The number of hydrogen-bond acceptors (Lipinski definition) is 4. The number of urea groups is 1. The van der Waals surface area contributed by atoms with Crippen LogP contribution >= 0.6 is 27.3 Å². The first kappa shape index (κ1) is 18.4. The van der Waals surface area contributed by atoms with Gasteiger partial charge in [-0.2, -0.15) is 0 Å². The smallest absolute Gasteiger partial charge is 0.325 e. The molecule has 2 heterocycles. The summed E-state index contributed by atoms with van der Waals surface area (Å²) in [5, 5.41) is 4.85. The zero-order valence-corrected chi connectivity index (χ0v) is 16.6. The standard InChI is InChI=1S/C17H22BrN3O3S/c1-20(10-13-9-12(18)11-25-13)14(22)5-8-21-15(23)17(19-16(21)24)6-3-2-4-7-17/h9,11H,2-8,10H2,1H3,(H,19,24). The van der Waals surface area contributed by atoms with Gasteiger partial charge in [-0.05, 0) is 34.8 Å². The summed E-state index contributed by atoms with van der Waals surface area (Å²) in [7, 11) is 1.74. The highest BCUT2D eigenvalue weighted by atomic mass is 79.9. The number of halogens is 1. The molecule has 4 amide bonds. The Labute approximate surface area is 159 Å². The molecule has 1 aromatic heterocycles. The lowest BCUT2D eigenvalue weighted by Gasteiger charge is -2.30. The van der Waals surface area contributed by atoms with Gasteiger partial charge in [0.2, 0.25) is 5.91 Å². The first-order valence-corrected chi connectivity index (χ1v) is 10.2. The number of nitrogens with one attached hydrogen (secondary N) is 1. The van der Waals surface area contributed by atoms with Crippen LogP contribution in [0.3, 0.4) is 0 Å². The Hall–Kier alpha value is -1.41. The first-order chi connectivity index (χ1) is 11.9. The van der Waals surface area contributed by atoms with Crippen molar-refractivity contribution in [3.63, 3.8) is 0 Å². The fourth-order valence-electron chi connectivity index (χ4n) is 3.53. The highest BCUT2D eigenvalue weighted by molar-refractivity contribution is 9.10. The van der Waals surface area contributed by atoms with E-state index in [9.17, 15) is 14.4 Å². The lowest BCUT2D eigenvalue weighted by Crippen LogP contribution is -2.48. The second-order valence-electron chi connectivity index (χ2n) is 6.76. The third-order valence-corrected chi connectivity index (χ3v) is 6.63. The molecule has 1 saturated heterocycles. The van der Waals surface area contributed by atoms with Crippen molar-refractivity contribution in [2.75, 3.05) is 13.6 Å². The predicted molar refractivity (Wildman–Crippen MR) is 99.2 cm³/mol. The normalized spacial score (nSPS) is 19.4. The van der Waals surface area contributed by atoms with E-state index in [-0.39, 0.29) is 30.8 Å². The fraction of sp³-hybridized carbons (Fsp3) is 0.588. The molecule has 2 fully saturated rings. The molecule has 0 bridgehead atoms. The third-order valence-electron chi connectivity index (χ3n) is 4.94.